The summed E-state index contributed by atoms with van der Waals surface area (Å²) in [7, 11) is 0. The highest BCUT2D eigenvalue weighted by atomic mass is 19.4. The van der Waals surface area contributed by atoms with Gasteiger partial charge in [0.1, 0.15) is 0 Å². The van der Waals surface area contributed by atoms with Crippen molar-refractivity contribution in [2.45, 2.75) is 37.9 Å². The van der Waals surface area contributed by atoms with E-state index in [1.807, 2.05) is 4.90 Å². The normalized spacial score (nSPS) is 25.5. The van der Waals surface area contributed by atoms with Gasteiger partial charge in [0.25, 0.3) is 5.91 Å². The molecule has 166 valence electrons. The molecule has 0 aliphatic carbocycles. The highest BCUT2D eigenvalue weighted by Crippen LogP contribution is 2.49. The van der Waals surface area contributed by atoms with Gasteiger partial charge in [-0.2, -0.15) is 13.2 Å². The number of imide groups is 2. The van der Waals surface area contributed by atoms with Gasteiger partial charge in [-0.1, -0.05) is 18.2 Å². The van der Waals surface area contributed by atoms with Crippen LogP contribution in [0.15, 0.2) is 48.5 Å². The lowest BCUT2D eigenvalue weighted by Gasteiger charge is -2.53. The molecule has 0 radical (unpaired) electrons. The van der Waals surface area contributed by atoms with Crippen LogP contribution in [-0.4, -0.2) is 30.4 Å². The Morgan fingerprint density at radius 2 is 1.75 bits per heavy atom. The van der Waals surface area contributed by atoms with Gasteiger partial charge in [0, 0.05) is 12.2 Å². The van der Waals surface area contributed by atoms with Crippen LogP contribution in [0.5, 0.6) is 0 Å². The topological polar surface area (TPSA) is 69.7 Å². The second kappa shape index (κ2) is 7.08. The molecule has 0 saturated carbocycles. The number of alkyl halides is 3. The fourth-order valence-corrected chi connectivity index (χ4v) is 5.25. The maximum Gasteiger partial charge on any atom is 0.416 e. The van der Waals surface area contributed by atoms with Crippen LogP contribution in [0, 0.1) is 5.41 Å². The molecule has 0 bridgehead atoms. The zero-order valence-corrected chi connectivity index (χ0v) is 17.0. The number of nitrogens with one attached hydrogen (secondary N) is 1. The number of barbiturate groups is 1. The molecule has 3 aliphatic rings. The van der Waals surface area contributed by atoms with Crippen LogP contribution in [0.1, 0.15) is 30.4 Å². The van der Waals surface area contributed by atoms with Gasteiger partial charge in [0.05, 0.1) is 17.3 Å². The minimum absolute atomic E-state index is 0.200. The highest BCUT2D eigenvalue weighted by Gasteiger charge is 2.62. The van der Waals surface area contributed by atoms with Crippen LogP contribution in [0.3, 0.4) is 0 Å². The Bertz CT molecular complexity index is 1120. The Kier molecular flexibility index (Phi) is 4.54. The number of amides is 4. The lowest BCUT2D eigenvalue weighted by molar-refractivity contribution is -0.145. The molecule has 2 fully saturated rings. The number of nitrogens with zero attached hydrogens (tertiary/aromatic N) is 2. The van der Waals surface area contributed by atoms with Crippen LogP contribution in [0.4, 0.5) is 29.3 Å². The van der Waals surface area contributed by atoms with Crippen LogP contribution in [0.25, 0.3) is 0 Å². The molecular formula is C23H20F3N3O3. The number of benzene rings is 2. The molecule has 2 aromatic rings. The molecule has 0 aromatic heterocycles. The standard InChI is InChI=1S/C23H20F3N3O3/c24-23(25,26)15-9-10-17-14(12-15)13-22(18-8-4-5-11-28(17)18)19(30)27-21(32)29(20(22)31)16-6-2-1-3-7-16/h1-3,6-7,9-10,12,18H,4-5,8,11,13H2,(H,27,30,32)/t18-,22+/m0/s1. The first-order valence-electron chi connectivity index (χ1n) is 10.5. The molecular weight excluding hydrogens is 423 g/mol. The van der Waals surface area contributed by atoms with Crippen LogP contribution < -0.4 is 15.1 Å². The average molecular weight is 443 g/mol. The van der Waals surface area contributed by atoms with E-state index in [0.29, 0.717) is 24.3 Å². The van der Waals surface area contributed by atoms with Crippen LogP contribution in [0.2, 0.25) is 0 Å². The Hall–Kier alpha value is -3.36. The number of anilines is 2. The summed E-state index contributed by atoms with van der Waals surface area (Å²) in [5, 5.41) is 2.31. The second-order valence-electron chi connectivity index (χ2n) is 8.43. The van der Waals surface area contributed by atoms with Gasteiger partial charge < -0.3 is 4.90 Å². The largest absolute Gasteiger partial charge is 0.416 e. The van der Waals surface area contributed by atoms with Crippen molar-refractivity contribution in [1.29, 1.82) is 0 Å². The third-order valence-corrected chi connectivity index (χ3v) is 6.69. The number of hydrogen-bond acceptors (Lipinski definition) is 4. The molecule has 4 amide bonds. The van der Waals surface area contributed by atoms with E-state index >= 15 is 0 Å². The highest BCUT2D eigenvalue weighted by molar-refractivity contribution is 6.30. The molecule has 2 atom stereocenters. The SMILES string of the molecule is O=C1NC(=O)[C@]2(Cc3cc(C(F)(F)F)ccc3N3CCCC[C@H]32)C(=O)N1c1ccccc1. The van der Waals surface area contributed by atoms with Crippen molar-refractivity contribution in [3.8, 4) is 0 Å². The number of rotatable bonds is 1. The Balaban J connectivity index is 1.67. The van der Waals surface area contributed by atoms with Crippen molar-refractivity contribution >= 4 is 29.2 Å². The fraction of sp³-hybridized carbons (Fsp3) is 0.348. The van der Waals surface area contributed by atoms with Crippen molar-refractivity contribution < 1.29 is 27.6 Å². The molecule has 1 spiro atoms. The minimum Gasteiger partial charge on any atom is -0.367 e. The number of hydrogen-bond donors (Lipinski definition) is 1. The van der Waals surface area contributed by atoms with E-state index in [4.69, 9.17) is 0 Å². The van der Waals surface area contributed by atoms with E-state index < -0.39 is 41.0 Å². The van der Waals surface area contributed by atoms with Crippen LogP contribution >= 0.6 is 0 Å². The molecule has 2 saturated heterocycles. The zero-order valence-electron chi connectivity index (χ0n) is 17.0. The van der Waals surface area contributed by atoms with Gasteiger partial charge in [-0.15, -0.1) is 0 Å². The summed E-state index contributed by atoms with van der Waals surface area (Å²) in [6, 6.07) is 10.3. The summed E-state index contributed by atoms with van der Waals surface area (Å²) in [6.07, 6.45) is -2.65. The molecule has 0 unspecified atom stereocenters. The number of carbonyl (C=O) groups excluding carboxylic acids is 3. The van der Waals surface area contributed by atoms with E-state index in [1.165, 1.54) is 6.07 Å². The molecule has 5 rings (SSSR count). The van der Waals surface area contributed by atoms with Crippen LogP contribution in [-0.2, 0) is 22.2 Å². The molecule has 1 N–H and O–H groups in total. The predicted octanol–water partition coefficient (Wildman–Crippen LogP) is 3.89. The van der Waals surface area contributed by atoms with E-state index in [0.717, 1.165) is 29.9 Å². The van der Waals surface area contributed by atoms with E-state index in [2.05, 4.69) is 5.32 Å². The Labute approximate surface area is 182 Å². The lowest BCUT2D eigenvalue weighted by atomic mass is 9.66. The summed E-state index contributed by atoms with van der Waals surface area (Å²) < 4.78 is 40.2. The number of piperidine rings is 1. The summed E-state index contributed by atoms with van der Waals surface area (Å²) in [6.45, 7) is 0.518. The maximum atomic E-state index is 13.9. The maximum absolute atomic E-state index is 13.9. The predicted molar refractivity (Wildman–Crippen MR) is 110 cm³/mol. The average Bonchev–Trinajstić information content (AvgIpc) is 2.77. The first-order valence-corrected chi connectivity index (χ1v) is 10.5. The van der Waals surface area contributed by atoms with Crippen molar-refractivity contribution in [3.63, 3.8) is 0 Å². The van der Waals surface area contributed by atoms with Gasteiger partial charge in [0.2, 0.25) is 5.91 Å². The second-order valence-corrected chi connectivity index (χ2v) is 8.43. The number of carbonyl (C=O) groups is 3. The molecule has 9 heteroatoms. The Morgan fingerprint density at radius 3 is 2.47 bits per heavy atom. The van der Waals surface area contributed by atoms with Crippen molar-refractivity contribution in [2.24, 2.45) is 5.41 Å². The lowest BCUT2D eigenvalue weighted by Crippen LogP contribution is -2.72. The first kappa shape index (κ1) is 20.5. The van der Waals surface area contributed by atoms with E-state index in [1.54, 1.807) is 30.3 Å². The minimum atomic E-state index is -4.55. The third kappa shape index (κ3) is 2.91. The summed E-state index contributed by atoms with van der Waals surface area (Å²) in [5.74, 6) is -1.45. The van der Waals surface area contributed by atoms with Gasteiger partial charge >= 0.3 is 12.2 Å². The van der Waals surface area contributed by atoms with Gasteiger partial charge in [-0.3, -0.25) is 14.9 Å². The molecule has 3 aliphatic heterocycles. The quantitative estimate of drug-likeness (QED) is 0.679. The number of urea groups is 1. The van der Waals surface area contributed by atoms with Crippen molar-refractivity contribution in [2.75, 3.05) is 16.3 Å². The molecule has 3 heterocycles. The third-order valence-electron chi connectivity index (χ3n) is 6.69. The van der Waals surface area contributed by atoms with E-state index in [9.17, 15) is 27.6 Å². The fourth-order valence-electron chi connectivity index (χ4n) is 5.25. The van der Waals surface area contributed by atoms with Crippen molar-refractivity contribution in [3.05, 3.63) is 59.7 Å². The molecule has 32 heavy (non-hydrogen) atoms. The summed E-state index contributed by atoms with van der Waals surface area (Å²) in [4.78, 5) is 42.6. The number of para-hydroxylation sites is 1. The van der Waals surface area contributed by atoms with Crippen molar-refractivity contribution in [1.82, 2.24) is 5.32 Å². The number of halogens is 3. The summed E-state index contributed by atoms with van der Waals surface area (Å²) in [5.41, 5.74) is -1.33. The molecule has 2 aromatic carbocycles. The monoisotopic (exact) mass is 443 g/mol. The summed E-state index contributed by atoms with van der Waals surface area (Å²) >= 11 is 0. The van der Waals surface area contributed by atoms with E-state index in [-0.39, 0.29) is 12.0 Å². The van der Waals surface area contributed by atoms with Gasteiger partial charge in [0.15, 0.2) is 5.41 Å². The van der Waals surface area contributed by atoms with Gasteiger partial charge in [-0.05, 0) is 61.6 Å². The first-order chi connectivity index (χ1) is 15.2. The van der Waals surface area contributed by atoms with Gasteiger partial charge in [-0.25, -0.2) is 9.69 Å². The number of fused-ring (bicyclic) bond motifs is 4. The molecule has 6 nitrogen and oxygen atoms in total. The zero-order chi connectivity index (χ0) is 22.7. The smallest absolute Gasteiger partial charge is 0.367 e. The Morgan fingerprint density at radius 1 is 1.00 bits per heavy atom.